The molecule has 58 heavy (non-hydrogen) atoms. The van der Waals surface area contributed by atoms with Gasteiger partial charge in [0.15, 0.2) is 0 Å². The molecule has 0 bridgehead atoms. The number of furan rings is 2. The number of para-hydroxylation sites is 5. The number of hydrogen-bond acceptors (Lipinski definition) is 3. The van der Waals surface area contributed by atoms with Crippen molar-refractivity contribution in [3.8, 4) is 27.9 Å². The van der Waals surface area contributed by atoms with E-state index in [1.165, 1.54) is 32.9 Å². The van der Waals surface area contributed by atoms with Crippen LogP contribution in [0.2, 0.25) is 0 Å². The van der Waals surface area contributed by atoms with E-state index in [9.17, 15) is 0 Å². The largest absolute Gasteiger partial charge is 0.456 e. The molecule has 0 aliphatic heterocycles. The molecule has 0 N–H and O–H groups in total. The third-order valence-corrected chi connectivity index (χ3v) is 11.6. The van der Waals surface area contributed by atoms with E-state index in [2.05, 4.69) is 191 Å². The van der Waals surface area contributed by atoms with E-state index < -0.39 is 0 Å². The molecule has 9 aromatic carbocycles. The van der Waals surface area contributed by atoms with Gasteiger partial charge in [-0.25, -0.2) is 0 Å². The van der Waals surface area contributed by atoms with Crippen LogP contribution in [0.1, 0.15) is 0 Å². The van der Waals surface area contributed by atoms with Crippen molar-refractivity contribution in [3.05, 3.63) is 206 Å². The van der Waals surface area contributed by atoms with Crippen LogP contribution >= 0.6 is 0 Å². The summed E-state index contributed by atoms with van der Waals surface area (Å²) in [5.74, 6) is 0. The van der Waals surface area contributed by atoms with Crippen LogP contribution in [0.4, 0.5) is 17.1 Å². The van der Waals surface area contributed by atoms with Crippen LogP contribution in [0.15, 0.2) is 215 Å². The topological polar surface area (TPSA) is 34.5 Å². The van der Waals surface area contributed by atoms with Gasteiger partial charge in [-0.15, -0.1) is 0 Å². The Labute approximate surface area is 334 Å². The van der Waals surface area contributed by atoms with E-state index in [0.717, 1.165) is 77.8 Å². The second-order valence-electron chi connectivity index (χ2n) is 14.9. The maximum atomic E-state index is 6.23. The van der Waals surface area contributed by atoms with Gasteiger partial charge >= 0.3 is 0 Å². The summed E-state index contributed by atoms with van der Waals surface area (Å²) >= 11 is 0. The van der Waals surface area contributed by atoms with Crippen LogP contribution in [0.3, 0.4) is 0 Å². The van der Waals surface area contributed by atoms with Gasteiger partial charge in [0, 0.05) is 54.9 Å². The van der Waals surface area contributed by atoms with Crippen molar-refractivity contribution in [1.29, 1.82) is 0 Å². The SMILES string of the molecule is c1cc(-c2ccc(N(c3ccc4oc5ccccc5c4c3)c3ccc4oc5ccccc5c4c3)cc2)cc(-c2ccccc2-n2c3ccccc3c3ccccc32)c1. The third kappa shape index (κ3) is 5.09. The number of fused-ring (bicyclic) bond motifs is 9. The minimum Gasteiger partial charge on any atom is -0.456 e. The molecule has 0 aliphatic carbocycles. The van der Waals surface area contributed by atoms with Crippen molar-refractivity contribution in [1.82, 2.24) is 4.57 Å². The van der Waals surface area contributed by atoms with Crippen LogP contribution in [-0.4, -0.2) is 4.57 Å². The molecule has 0 saturated heterocycles. The van der Waals surface area contributed by atoms with Gasteiger partial charge in [0.05, 0.1) is 16.7 Å². The minimum atomic E-state index is 0.871. The number of benzene rings is 9. The average molecular weight is 743 g/mol. The second kappa shape index (κ2) is 12.9. The highest BCUT2D eigenvalue weighted by atomic mass is 16.3. The van der Waals surface area contributed by atoms with Gasteiger partial charge in [0.1, 0.15) is 22.3 Å². The van der Waals surface area contributed by atoms with Crippen LogP contribution < -0.4 is 4.90 Å². The summed E-state index contributed by atoms with van der Waals surface area (Å²) < 4.78 is 14.9. The fourth-order valence-electron chi connectivity index (χ4n) is 8.92. The summed E-state index contributed by atoms with van der Waals surface area (Å²) in [6.45, 7) is 0. The first-order valence-electron chi connectivity index (χ1n) is 19.7. The highest BCUT2D eigenvalue weighted by Crippen LogP contribution is 2.42. The molecule has 0 unspecified atom stereocenters. The number of hydrogen-bond donors (Lipinski definition) is 0. The summed E-state index contributed by atoms with van der Waals surface area (Å²) in [5.41, 5.74) is 14.9. The molecular formula is C54H34N2O2. The summed E-state index contributed by atoms with van der Waals surface area (Å²) in [7, 11) is 0. The number of anilines is 3. The Hall–Kier alpha value is -7.82. The van der Waals surface area contributed by atoms with Gasteiger partial charge in [-0.2, -0.15) is 0 Å². The Morgan fingerprint density at radius 3 is 1.41 bits per heavy atom. The molecule has 0 atom stereocenters. The molecule has 0 spiro atoms. The molecule has 3 aromatic heterocycles. The van der Waals surface area contributed by atoms with Crippen LogP contribution in [0.25, 0.3) is 93.6 Å². The first-order valence-corrected chi connectivity index (χ1v) is 19.7. The standard InChI is InChI=1S/C54H34N2O2/c1-6-19-48(56-49-20-7-2-15-42(49)43-16-3-8-21-50(43)56)41(14-1)37-13-11-12-36(32-37)35-24-26-38(27-25-35)55(39-28-30-53-46(33-39)44-17-4-9-22-51(44)57-53)40-29-31-54-47(34-40)45-18-5-10-23-52(45)58-54/h1-34H. The normalized spacial score (nSPS) is 11.8. The molecule has 272 valence electrons. The Morgan fingerprint density at radius 1 is 0.310 bits per heavy atom. The quantitative estimate of drug-likeness (QED) is 0.170. The summed E-state index contributed by atoms with van der Waals surface area (Å²) in [5, 5.41) is 6.89. The van der Waals surface area contributed by atoms with Crippen LogP contribution in [0.5, 0.6) is 0 Å². The molecule has 0 aliphatic rings. The zero-order valence-electron chi connectivity index (χ0n) is 31.3. The maximum Gasteiger partial charge on any atom is 0.135 e. The number of rotatable bonds is 6. The number of aromatic nitrogens is 1. The van der Waals surface area contributed by atoms with Gasteiger partial charge in [-0.05, 0) is 102 Å². The second-order valence-corrected chi connectivity index (χ2v) is 14.9. The number of nitrogens with zero attached hydrogens (tertiary/aromatic N) is 2. The highest BCUT2D eigenvalue weighted by Gasteiger charge is 2.19. The van der Waals surface area contributed by atoms with Gasteiger partial charge < -0.3 is 18.3 Å². The summed E-state index contributed by atoms with van der Waals surface area (Å²) in [6.07, 6.45) is 0. The third-order valence-electron chi connectivity index (χ3n) is 11.6. The predicted molar refractivity (Wildman–Crippen MR) is 241 cm³/mol. The van der Waals surface area contributed by atoms with Gasteiger partial charge in [0.25, 0.3) is 0 Å². The monoisotopic (exact) mass is 742 g/mol. The first-order chi connectivity index (χ1) is 28.7. The lowest BCUT2D eigenvalue weighted by Crippen LogP contribution is -2.09. The maximum absolute atomic E-state index is 6.23. The van der Waals surface area contributed by atoms with Crippen LogP contribution in [0, 0.1) is 0 Å². The molecule has 4 nitrogen and oxygen atoms in total. The van der Waals surface area contributed by atoms with E-state index in [1.807, 2.05) is 24.3 Å². The van der Waals surface area contributed by atoms with Crippen LogP contribution in [-0.2, 0) is 0 Å². The molecule has 3 heterocycles. The molecule has 0 amide bonds. The summed E-state index contributed by atoms with van der Waals surface area (Å²) in [6, 6.07) is 73.4. The Bertz CT molecular complexity index is 3360. The Kier molecular flexibility index (Phi) is 7.20. The Balaban J connectivity index is 0.968. The average Bonchev–Trinajstić information content (AvgIpc) is 3.96. The van der Waals surface area contributed by atoms with E-state index in [4.69, 9.17) is 8.83 Å². The van der Waals surface area contributed by atoms with Gasteiger partial charge in [0.2, 0.25) is 0 Å². The molecule has 4 heteroatoms. The minimum absolute atomic E-state index is 0.871. The lowest BCUT2D eigenvalue weighted by atomic mass is 9.97. The smallest absolute Gasteiger partial charge is 0.135 e. The lowest BCUT2D eigenvalue weighted by Gasteiger charge is -2.26. The van der Waals surface area contributed by atoms with Crippen molar-refractivity contribution in [2.45, 2.75) is 0 Å². The zero-order valence-corrected chi connectivity index (χ0v) is 31.3. The van der Waals surface area contributed by atoms with E-state index in [0.29, 0.717) is 0 Å². The lowest BCUT2D eigenvalue weighted by molar-refractivity contribution is 0.668. The molecule has 12 aromatic rings. The van der Waals surface area contributed by atoms with E-state index in [-0.39, 0.29) is 0 Å². The fourth-order valence-corrected chi connectivity index (χ4v) is 8.92. The predicted octanol–water partition coefficient (Wildman–Crippen LogP) is 15.4. The fraction of sp³-hybridized carbons (Fsp3) is 0. The molecular weight excluding hydrogens is 709 g/mol. The van der Waals surface area contributed by atoms with E-state index >= 15 is 0 Å². The van der Waals surface area contributed by atoms with E-state index in [1.54, 1.807) is 0 Å². The van der Waals surface area contributed by atoms with Crippen molar-refractivity contribution in [2.24, 2.45) is 0 Å². The van der Waals surface area contributed by atoms with Crippen molar-refractivity contribution in [3.63, 3.8) is 0 Å². The summed E-state index contributed by atoms with van der Waals surface area (Å²) in [4.78, 5) is 2.32. The van der Waals surface area contributed by atoms with Gasteiger partial charge in [-0.3, -0.25) is 0 Å². The zero-order chi connectivity index (χ0) is 38.2. The molecule has 12 rings (SSSR count). The molecule has 0 saturated carbocycles. The molecule has 0 fully saturated rings. The molecule has 0 radical (unpaired) electrons. The first kappa shape index (κ1) is 32.4. The van der Waals surface area contributed by atoms with Crippen molar-refractivity contribution < 1.29 is 8.83 Å². The highest BCUT2D eigenvalue weighted by molar-refractivity contribution is 6.10. The van der Waals surface area contributed by atoms with Gasteiger partial charge in [-0.1, -0.05) is 121 Å². The van der Waals surface area contributed by atoms with Crippen molar-refractivity contribution >= 4 is 82.7 Å². The van der Waals surface area contributed by atoms with Crippen molar-refractivity contribution in [2.75, 3.05) is 4.90 Å². The Morgan fingerprint density at radius 2 is 0.793 bits per heavy atom.